The van der Waals surface area contributed by atoms with E-state index in [0.717, 1.165) is 22.2 Å². The zero-order valence-corrected chi connectivity index (χ0v) is 14.7. The number of carbonyl (C=O) groups excluding carboxylic acids is 1. The number of nitrogens with zero attached hydrogens (tertiary/aromatic N) is 3. The zero-order valence-electron chi connectivity index (χ0n) is 14.7. The highest BCUT2D eigenvalue weighted by molar-refractivity contribution is 6.05. The highest BCUT2D eigenvalue weighted by Gasteiger charge is 2.09. The van der Waals surface area contributed by atoms with E-state index in [1.165, 1.54) is 0 Å². The summed E-state index contributed by atoms with van der Waals surface area (Å²) < 4.78 is 0. The molecule has 2 aromatic carbocycles. The Kier molecular flexibility index (Phi) is 4.45. The van der Waals surface area contributed by atoms with Gasteiger partial charge >= 0.3 is 0 Å². The van der Waals surface area contributed by atoms with Gasteiger partial charge < -0.3 is 10.6 Å². The van der Waals surface area contributed by atoms with E-state index >= 15 is 0 Å². The van der Waals surface area contributed by atoms with Gasteiger partial charge in [-0.05, 0) is 35.9 Å². The maximum atomic E-state index is 12.5. The normalized spacial score (nSPS) is 10.6. The predicted molar refractivity (Wildman–Crippen MR) is 107 cm³/mol. The topological polar surface area (TPSA) is 79.8 Å². The third-order valence-corrected chi connectivity index (χ3v) is 4.15. The number of pyridine rings is 1. The van der Waals surface area contributed by atoms with E-state index in [-0.39, 0.29) is 5.91 Å². The molecule has 0 aliphatic heterocycles. The Labute approximate surface area is 156 Å². The van der Waals surface area contributed by atoms with Crippen molar-refractivity contribution in [3.05, 3.63) is 78.6 Å². The van der Waals surface area contributed by atoms with Crippen molar-refractivity contribution in [2.24, 2.45) is 0 Å². The highest BCUT2D eigenvalue weighted by Crippen LogP contribution is 2.23. The van der Waals surface area contributed by atoms with E-state index in [1.807, 2.05) is 54.6 Å². The average Bonchev–Trinajstić information content (AvgIpc) is 2.73. The highest BCUT2D eigenvalue weighted by atomic mass is 16.1. The molecule has 0 saturated carbocycles. The molecule has 0 fully saturated rings. The summed E-state index contributed by atoms with van der Waals surface area (Å²) in [6.45, 7) is 0. The van der Waals surface area contributed by atoms with Crippen molar-refractivity contribution in [1.82, 2.24) is 15.0 Å². The van der Waals surface area contributed by atoms with Crippen LogP contribution in [0, 0.1) is 0 Å². The van der Waals surface area contributed by atoms with E-state index in [4.69, 9.17) is 0 Å². The van der Waals surface area contributed by atoms with Crippen molar-refractivity contribution in [3.8, 4) is 11.1 Å². The van der Waals surface area contributed by atoms with E-state index in [0.29, 0.717) is 17.2 Å². The fraction of sp³-hybridized carbons (Fsp3) is 0.0476. The lowest BCUT2D eigenvalue weighted by atomic mass is 10.0. The molecule has 0 aliphatic carbocycles. The zero-order chi connectivity index (χ0) is 18.6. The van der Waals surface area contributed by atoms with Gasteiger partial charge in [0.1, 0.15) is 0 Å². The molecule has 0 spiro atoms. The van der Waals surface area contributed by atoms with Crippen LogP contribution in [0.3, 0.4) is 0 Å². The third-order valence-electron chi connectivity index (χ3n) is 4.15. The molecule has 4 rings (SSSR count). The Hall–Kier alpha value is -3.80. The summed E-state index contributed by atoms with van der Waals surface area (Å²) in [6.07, 6.45) is 3.49. The number of nitrogens with one attached hydrogen (secondary N) is 2. The van der Waals surface area contributed by atoms with Crippen molar-refractivity contribution in [3.63, 3.8) is 0 Å². The van der Waals surface area contributed by atoms with E-state index < -0.39 is 0 Å². The van der Waals surface area contributed by atoms with Crippen LogP contribution in [0.1, 0.15) is 10.4 Å². The maximum absolute atomic E-state index is 12.5. The number of aromatic nitrogens is 3. The summed E-state index contributed by atoms with van der Waals surface area (Å²) >= 11 is 0. The summed E-state index contributed by atoms with van der Waals surface area (Å²) in [5.74, 6) is 0.376. The second kappa shape index (κ2) is 7.21. The van der Waals surface area contributed by atoms with Crippen molar-refractivity contribution >= 4 is 28.6 Å². The van der Waals surface area contributed by atoms with Gasteiger partial charge in [-0.1, -0.05) is 30.3 Å². The fourth-order valence-electron chi connectivity index (χ4n) is 2.77. The molecule has 2 aromatic heterocycles. The monoisotopic (exact) mass is 355 g/mol. The number of para-hydroxylation sites is 1. The van der Waals surface area contributed by atoms with Crippen molar-refractivity contribution in [1.29, 1.82) is 0 Å². The van der Waals surface area contributed by atoms with Crippen LogP contribution in [0.5, 0.6) is 0 Å². The molecule has 0 radical (unpaired) electrons. The number of rotatable bonds is 4. The summed E-state index contributed by atoms with van der Waals surface area (Å²) in [4.78, 5) is 25.5. The van der Waals surface area contributed by atoms with Gasteiger partial charge in [0, 0.05) is 41.6 Å². The number of benzene rings is 2. The van der Waals surface area contributed by atoms with Crippen LogP contribution < -0.4 is 10.6 Å². The minimum atomic E-state index is -0.154. The van der Waals surface area contributed by atoms with Crippen molar-refractivity contribution in [2.45, 2.75) is 0 Å². The van der Waals surface area contributed by atoms with Crippen LogP contribution in [0.2, 0.25) is 0 Å². The Morgan fingerprint density at radius 1 is 0.889 bits per heavy atom. The van der Waals surface area contributed by atoms with Crippen LogP contribution in [-0.4, -0.2) is 27.9 Å². The van der Waals surface area contributed by atoms with Gasteiger partial charge in [-0.15, -0.1) is 0 Å². The fourth-order valence-corrected chi connectivity index (χ4v) is 2.77. The Balaban J connectivity index is 1.64. The van der Waals surface area contributed by atoms with Crippen LogP contribution in [0.15, 0.2) is 73.1 Å². The van der Waals surface area contributed by atoms with Gasteiger partial charge in [-0.3, -0.25) is 4.79 Å². The van der Waals surface area contributed by atoms with Crippen LogP contribution in [0.4, 0.5) is 11.6 Å². The lowest BCUT2D eigenvalue weighted by Crippen LogP contribution is -2.11. The average molecular weight is 355 g/mol. The first kappa shape index (κ1) is 16.7. The molecule has 2 N–H and O–H groups in total. The third kappa shape index (κ3) is 3.59. The Morgan fingerprint density at radius 2 is 1.74 bits per heavy atom. The summed E-state index contributed by atoms with van der Waals surface area (Å²) in [6, 6.07) is 18.8. The quantitative estimate of drug-likeness (QED) is 0.579. The van der Waals surface area contributed by atoms with Crippen molar-refractivity contribution in [2.75, 3.05) is 17.7 Å². The molecule has 6 heteroatoms. The number of fused-ring (bicyclic) bond motifs is 1. The number of carbonyl (C=O) groups is 1. The van der Waals surface area contributed by atoms with E-state index in [9.17, 15) is 4.79 Å². The lowest BCUT2D eigenvalue weighted by Gasteiger charge is -2.08. The summed E-state index contributed by atoms with van der Waals surface area (Å²) in [5, 5.41) is 6.63. The van der Waals surface area contributed by atoms with Crippen molar-refractivity contribution < 1.29 is 4.79 Å². The number of hydrogen-bond donors (Lipinski definition) is 2. The van der Waals surface area contributed by atoms with E-state index in [1.54, 1.807) is 25.5 Å². The standard InChI is InChI=1S/C21H17N5O/c1-22-21-24-13-17-11-16(12-23-19(17)26-21)14-6-5-7-15(10-14)20(27)25-18-8-3-2-4-9-18/h2-13H,1H3,(H,25,27)(H,22,23,24,26). The van der Waals surface area contributed by atoms with Gasteiger partial charge in [0.2, 0.25) is 5.95 Å². The van der Waals surface area contributed by atoms with Gasteiger partial charge in [0.15, 0.2) is 5.65 Å². The molecule has 1 amide bonds. The van der Waals surface area contributed by atoms with Gasteiger partial charge in [-0.25, -0.2) is 9.97 Å². The molecule has 6 nitrogen and oxygen atoms in total. The molecule has 27 heavy (non-hydrogen) atoms. The smallest absolute Gasteiger partial charge is 0.255 e. The molecule has 0 aliphatic rings. The molecule has 4 aromatic rings. The first-order chi connectivity index (χ1) is 13.2. The molecule has 2 heterocycles. The maximum Gasteiger partial charge on any atom is 0.255 e. The SMILES string of the molecule is CNc1ncc2cc(-c3cccc(C(=O)Nc4ccccc4)c3)cnc2n1. The Bertz CT molecular complexity index is 1110. The van der Waals surface area contributed by atoms with Gasteiger partial charge in [0.25, 0.3) is 5.91 Å². The minimum absolute atomic E-state index is 0.154. The second-order valence-electron chi connectivity index (χ2n) is 5.98. The predicted octanol–water partition coefficient (Wildman–Crippen LogP) is 3.99. The van der Waals surface area contributed by atoms with Gasteiger partial charge in [0.05, 0.1) is 0 Å². The largest absolute Gasteiger partial charge is 0.357 e. The molecule has 132 valence electrons. The first-order valence-electron chi connectivity index (χ1n) is 8.50. The second-order valence-corrected chi connectivity index (χ2v) is 5.98. The molecular weight excluding hydrogens is 338 g/mol. The number of amides is 1. The van der Waals surface area contributed by atoms with Crippen LogP contribution >= 0.6 is 0 Å². The lowest BCUT2D eigenvalue weighted by molar-refractivity contribution is 0.102. The molecule has 0 unspecified atom stereocenters. The number of anilines is 2. The number of hydrogen-bond acceptors (Lipinski definition) is 5. The van der Waals surface area contributed by atoms with Gasteiger partial charge in [-0.2, -0.15) is 4.98 Å². The molecule has 0 bridgehead atoms. The van der Waals surface area contributed by atoms with Crippen LogP contribution in [0.25, 0.3) is 22.2 Å². The minimum Gasteiger partial charge on any atom is -0.357 e. The van der Waals surface area contributed by atoms with Crippen LogP contribution in [-0.2, 0) is 0 Å². The van der Waals surface area contributed by atoms with E-state index in [2.05, 4.69) is 25.6 Å². The summed E-state index contributed by atoms with van der Waals surface area (Å²) in [7, 11) is 1.77. The molecule has 0 atom stereocenters. The first-order valence-corrected chi connectivity index (χ1v) is 8.50. The Morgan fingerprint density at radius 3 is 2.56 bits per heavy atom. The summed E-state index contributed by atoms with van der Waals surface area (Å²) in [5.41, 5.74) is 3.77. The molecular formula is C21H17N5O. The molecule has 0 saturated heterocycles.